The van der Waals surface area contributed by atoms with Crippen LogP contribution in [0.1, 0.15) is 0 Å². The third-order valence-electron chi connectivity index (χ3n) is 2.74. The molecule has 0 bridgehead atoms. The van der Waals surface area contributed by atoms with Crippen LogP contribution in [0.4, 0.5) is 0 Å². The molecule has 2 aromatic rings. The van der Waals surface area contributed by atoms with Crippen molar-refractivity contribution in [1.29, 1.82) is 0 Å². The highest BCUT2D eigenvalue weighted by Gasteiger charge is 2.09. The van der Waals surface area contributed by atoms with E-state index in [0.717, 1.165) is 27.8 Å². The number of ether oxygens (including phenoxy) is 1. The Morgan fingerprint density at radius 1 is 1.40 bits per heavy atom. The Bertz CT molecular complexity index is 696. The van der Waals surface area contributed by atoms with E-state index in [1.54, 1.807) is 29.6 Å². The standard InChI is InChI=1S/C14H13NO3S2/c16-13-9-12(10-3-1-2-4-11(10)18-13)17-6-8-20-14-15-5-7-19-14/h1-4,9H,5-8H2. The van der Waals surface area contributed by atoms with E-state index < -0.39 is 0 Å². The Hall–Kier alpha value is -1.40. The Labute approximate surface area is 124 Å². The molecule has 1 aliphatic rings. The fourth-order valence-corrected chi connectivity index (χ4v) is 3.78. The normalized spacial score (nSPS) is 14.5. The average molecular weight is 307 g/mol. The van der Waals surface area contributed by atoms with Crippen LogP contribution in [0.3, 0.4) is 0 Å². The molecule has 20 heavy (non-hydrogen) atoms. The highest BCUT2D eigenvalue weighted by Crippen LogP contribution is 2.25. The Morgan fingerprint density at radius 3 is 3.15 bits per heavy atom. The van der Waals surface area contributed by atoms with E-state index in [1.807, 2.05) is 18.2 Å². The summed E-state index contributed by atoms with van der Waals surface area (Å²) in [5.74, 6) is 2.48. The molecule has 0 fully saturated rings. The molecule has 1 aliphatic heterocycles. The minimum absolute atomic E-state index is 0.387. The molecule has 0 saturated carbocycles. The van der Waals surface area contributed by atoms with Crippen LogP contribution in [0.5, 0.6) is 5.75 Å². The van der Waals surface area contributed by atoms with E-state index in [1.165, 1.54) is 6.07 Å². The second kappa shape index (κ2) is 6.37. The van der Waals surface area contributed by atoms with Gasteiger partial charge in [-0.15, -0.1) is 0 Å². The molecule has 6 heteroatoms. The first-order chi connectivity index (χ1) is 9.83. The lowest BCUT2D eigenvalue weighted by atomic mass is 10.2. The van der Waals surface area contributed by atoms with E-state index in [0.29, 0.717) is 17.9 Å². The maximum absolute atomic E-state index is 11.5. The Kier molecular flexibility index (Phi) is 4.32. The van der Waals surface area contributed by atoms with Gasteiger partial charge in [-0.2, -0.15) is 0 Å². The quantitative estimate of drug-likeness (QED) is 0.642. The van der Waals surface area contributed by atoms with Crippen molar-refractivity contribution in [2.24, 2.45) is 4.99 Å². The zero-order valence-electron chi connectivity index (χ0n) is 10.7. The lowest BCUT2D eigenvalue weighted by Gasteiger charge is -2.07. The lowest BCUT2D eigenvalue weighted by molar-refractivity contribution is 0.345. The SMILES string of the molecule is O=c1cc(OCCSC2=NCCS2)c2ccccc2o1. The summed E-state index contributed by atoms with van der Waals surface area (Å²) in [6.07, 6.45) is 0. The molecule has 0 atom stereocenters. The maximum Gasteiger partial charge on any atom is 0.339 e. The fraction of sp³-hybridized carbons (Fsp3) is 0.286. The molecule has 1 aromatic heterocycles. The largest absolute Gasteiger partial charge is 0.492 e. The fourth-order valence-electron chi connectivity index (χ4n) is 1.88. The van der Waals surface area contributed by atoms with Crippen molar-refractivity contribution in [3.63, 3.8) is 0 Å². The van der Waals surface area contributed by atoms with Crippen molar-refractivity contribution in [1.82, 2.24) is 0 Å². The van der Waals surface area contributed by atoms with Gasteiger partial charge in [-0.05, 0) is 12.1 Å². The molecule has 0 unspecified atom stereocenters. The molecule has 4 nitrogen and oxygen atoms in total. The summed E-state index contributed by atoms with van der Waals surface area (Å²) in [5, 5.41) is 0.824. The van der Waals surface area contributed by atoms with Crippen LogP contribution in [0, 0.1) is 0 Å². The molecule has 1 aromatic carbocycles. The zero-order valence-corrected chi connectivity index (χ0v) is 12.3. The Balaban J connectivity index is 1.66. The summed E-state index contributed by atoms with van der Waals surface area (Å²) in [6, 6.07) is 8.78. The van der Waals surface area contributed by atoms with Crippen molar-refractivity contribution < 1.29 is 9.15 Å². The van der Waals surface area contributed by atoms with E-state index in [4.69, 9.17) is 9.15 Å². The average Bonchev–Trinajstić information content (AvgIpc) is 2.96. The predicted molar refractivity (Wildman–Crippen MR) is 85.2 cm³/mol. The number of nitrogens with zero attached hydrogens (tertiary/aromatic N) is 1. The molecule has 3 rings (SSSR count). The van der Waals surface area contributed by atoms with Gasteiger partial charge in [0.2, 0.25) is 0 Å². The Morgan fingerprint density at radius 2 is 2.30 bits per heavy atom. The minimum Gasteiger partial charge on any atom is -0.492 e. The number of hydrogen-bond acceptors (Lipinski definition) is 6. The van der Waals surface area contributed by atoms with Gasteiger partial charge in [-0.25, -0.2) is 4.79 Å². The van der Waals surface area contributed by atoms with Crippen LogP contribution >= 0.6 is 23.5 Å². The predicted octanol–water partition coefficient (Wildman–Crippen LogP) is 3.01. The summed E-state index contributed by atoms with van der Waals surface area (Å²) in [6.45, 7) is 1.45. The number of fused-ring (bicyclic) bond motifs is 1. The highest BCUT2D eigenvalue weighted by molar-refractivity contribution is 8.39. The molecule has 0 radical (unpaired) electrons. The third-order valence-corrected chi connectivity index (χ3v) is 4.95. The van der Waals surface area contributed by atoms with Crippen molar-refractivity contribution in [3.05, 3.63) is 40.8 Å². The summed E-state index contributed by atoms with van der Waals surface area (Å²) >= 11 is 3.49. The number of rotatable bonds is 4. The van der Waals surface area contributed by atoms with E-state index >= 15 is 0 Å². The van der Waals surface area contributed by atoms with Gasteiger partial charge < -0.3 is 9.15 Å². The van der Waals surface area contributed by atoms with Gasteiger partial charge in [0.15, 0.2) is 0 Å². The molecule has 0 saturated heterocycles. The third kappa shape index (κ3) is 3.19. The smallest absolute Gasteiger partial charge is 0.339 e. The summed E-state index contributed by atoms with van der Waals surface area (Å²) in [4.78, 5) is 15.8. The molecule has 0 N–H and O–H groups in total. The van der Waals surface area contributed by atoms with Crippen LogP contribution in [0.25, 0.3) is 11.0 Å². The number of hydrogen-bond donors (Lipinski definition) is 0. The van der Waals surface area contributed by atoms with Gasteiger partial charge in [-0.3, -0.25) is 4.99 Å². The van der Waals surface area contributed by atoms with Gasteiger partial charge in [0.05, 0.1) is 24.6 Å². The maximum atomic E-state index is 11.5. The first-order valence-electron chi connectivity index (χ1n) is 6.29. The van der Waals surface area contributed by atoms with Crippen LogP contribution in [-0.2, 0) is 0 Å². The molecule has 0 spiro atoms. The first-order valence-corrected chi connectivity index (χ1v) is 8.26. The van der Waals surface area contributed by atoms with Gasteiger partial charge in [0, 0.05) is 11.5 Å². The summed E-state index contributed by atoms with van der Waals surface area (Å²) in [5.41, 5.74) is 0.167. The number of para-hydroxylation sites is 1. The molecule has 2 heterocycles. The first kappa shape index (κ1) is 13.6. The molecule has 0 amide bonds. The summed E-state index contributed by atoms with van der Waals surface area (Å²) in [7, 11) is 0. The second-order valence-corrected chi connectivity index (χ2v) is 6.54. The second-order valence-electron chi connectivity index (χ2n) is 4.12. The van der Waals surface area contributed by atoms with Crippen molar-refractivity contribution in [3.8, 4) is 5.75 Å². The van der Waals surface area contributed by atoms with Crippen molar-refractivity contribution >= 4 is 38.9 Å². The molecule has 104 valence electrons. The van der Waals surface area contributed by atoms with Crippen LogP contribution in [0.15, 0.2) is 44.5 Å². The molecule has 0 aliphatic carbocycles. The number of benzene rings is 1. The van der Waals surface area contributed by atoms with Gasteiger partial charge in [0.1, 0.15) is 15.7 Å². The summed E-state index contributed by atoms with van der Waals surface area (Å²) < 4.78 is 12.0. The number of thioether (sulfide) groups is 2. The molecular formula is C14H13NO3S2. The highest BCUT2D eigenvalue weighted by atomic mass is 32.2. The van der Waals surface area contributed by atoms with E-state index in [-0.39, 0.29) is 5.63 Å². The zero-order chi connectivity index (χ0) is 13.8. The van der Waals surface area contributed by atoms with E-state index in [2.05, 4.69) is 4.99 Å². The van der Waals surface area contributed by atoms with E-state index in [9.17, 15) is 4.79 Å². The van der Waals surface area contributed by atoms with Crippen molar-refractivity contribution in [2.45, 2.75) is 0 Å². The molecular weight excluding hydrogens is 294 g/mol. The van der Waals surface area contributed by atoms with Gasteiger partial charge in [-0.1, -0.05) is 35.7 Å². The minimum atomic E-state index is -0.387. The van der Waals surface area contributed by atoms with Crippen molar-refractivity contribution in [2.75, 3.05) is 24.7 Å². The van der Waals surface area contributed by atoms with Gasteiger partial charge >= 0.3 is 5.63 Å². The topological polar surface area (TPSA) is 51.8 Å². The lowest BCUT2D eigenvalue weighted by Crippen LogP contribution is -2.05. The van der Waals surface area contributed by atoms with Crippen LogP contribution < -0.4 is 10.4 Å². The van der Waals surface area contributed by atoms with Crippen LogP contribution in [-0.4, -0.2) is 29.0 Å². The number of aliphatic imine (C=N–C) groups is 1. The van der Waals surface area contributed by atoms with Gasteiger partial charge in [0.25, 0.3) is 0 Å². The van der Waals surface area contributed by atoms with Crippen LogP contribution in [0.2, 0.25) is 0 Å². The monoisotopic (exact) mass is 307 g/mol.